The molecule has 2 heterocycles. The highest BCUT2D eigenvalue weighted by Crippen LogP contribution is 2.25. The van der Waals surface area contributed by atoms with Crippen LogP contribution in [-0.4, -0.2) is 69.5 Å². The van der Waals surface area contributed by atoms with E-state index in [4.69, 9.17) is 16.3 Å². The fraction of sp³-hybridized carbons (Fsp3) is 0.444. The summed E-state index contributed by atoms with van der Waals surface area (Å²) in [6.45, 7) is 8.28. The Morgan fingerprint density at radius 3 is 2.69 bits per heavy atom. The van der Waals surface area contributed by atoms with Crippen LogP contribution < -0.4 is 0 Å². The summed E-state index contributed by atoms with van der Waals surface area (Å²) in [6.07, 6.45) is 1.39. The molecule has 0 saturated carbocycles. The molecule has 26 heavy (non-hydrogen) atoms. The minimum Gasteiger partial charge on any atom is -0.391 e. The highest BCUT2D eigenvalue weighted by molar-refractivity contribution is 7.99. The maximum Gasteiger partial charge on any atom is 0.191 e. The van der Waals surface area contributed by atoms with Crippen molar-refractivity contribution in [3.8, 4) is 11.4 Å². The van der Waals surface area contributed by atoms with Gasteiger partial charge in [-0.25, -0.2) is 0 Å². The first-order chi connectivity index (χ1) is 12.7. The first kappa shape index (κ1) is 19.4. The van der Waals surface area contributed by atoms with E-state index >= 15 is 0 Å². The van der Waals surface area contributed by atoms with E-state index in [1.54, 1.807) is 0 Å². The molecule has 0 spiro atoms. The first-order valence-corrected chi connectivity index (χ1v) is 9.94. The number of hydrogen-bond acceptors (Lipinski definition) is 6. The van der Waals surface area contributed by atoms with E-state index in [9.17, 15) is 5.11 Å². The molecule has 1 saturated heterocycles. The van der Waals surface area contributed by atoms with Crippen molar-refractivity contribution >= 4 is 23.4 Å². The molecule has 0 radical (unpaired) electrons. The third-order valence-electron chi connectivity index (χ3n) is 4.11. The van der Waals surface area contributed by atoms with E-state index in [1.807, 2.05) is 34.9 Å². The number of ether oxygens (including phenoxy) is 1. The Balaban J connectivity index is 1.65. The third kappa shape index (κ3) is 5.08. The molecule has 0 aliphatic carbocycles. The average Bonchev–Trinajstić information content (AvgIpc) is 3.05. The van der Waals surface area contributed by atoms with Gasteiger partial charge in [-0.2, -0.15) is 0 Å². The van der Waals surface area contributed by atoms with E-state index in [-0.39, 0.29) is 0 Å². The zero-order valence-electron chi connectivity index (χ0n) is 14.6. The Hall–Kier alpha value is -1.38. The second-order valence-electron chi connectivity index (χ2n) is 6.09. The molecule has 1 aliphatic rings. The summed E-state index contributed by atoms with van der Waals surface area (Å²) in [5.41, 5.74) is 0.949. The van der Waals surface area contributed by atoms with Crippen LogP contribution in [0, 0.1) is 0 Å². The monoisotopic (exact) mass is 394 g/mol. The number of hydrogen-bond donors (Lipinski definition) is 1. The lowest BCUT2D eigenvalue weighted by Crippen LogP contribution is -2.41. The van der Waals surface area contributed by atoms with Crippen molar-refractivity contribution < 1.29 is 9.84 Å². The number of benzene rings is 1. The molecule has 3 rings (SSSR count). The molecule has 8 heteroatoms. The summed E-state index contributed by atoms with van der Waals surface area (Å²) < 4.78 is 7.34. The zero-order valence-corrected chi connectivity index (χ0v) is 16.1. The fourth-order valence-electron chi connectivity index (χ4n) is 2.81. The van der Waals surface area contributed by atoms with Gasteiger partial charge in [-0.15, -0.1) is 16.8 Å². The van der Waals surface area contributed by atoms with E-state index < -0.39 is 6.10 Å². The maximum atomic E-state index is 10.3. The van der Waals surface area contributed by atoms with Crippen LogP contribution in [0.2, 0.25) is 5.02 Å². The molecular weight excluding hydrogens is 372 g/mol. The van der Waals surface area contributed by atoms with Crippen molar-refractivity contribution in [2.45, 2.75) is 17.8 Å². The maximum absolute atomic E-state index is 10.3. The van der Waals surface area contributed by atoms with E-state index in [1.165, 1.54) is 11.8 Å². The molecule has 1 N–H and O–H groups in total. The number of rotatable bonds is 8. The van der Waals surface area contributed by atoms with Crippen LogP contribution in [0.1, 0.15) is 0 Å². The molecule has 1 fully saturated rings. The smallest absolute Gasteiger partial charge is 0.191 e. The summed E-state index contributed by atoms with van der Waals surface area (Å²) in [5, 5.41) is 20.4. The van der Waals surface area contributed by atoms with Gasteiger partial charge < -0.3 is 9.84 Å². The molecule has 1 atom stereocenters. The third-order valence-corrected chi connectivity index (χ3v) is 5.47. The van der Waals surface area contributed by atoms with Crippen LogP contribution in [0.15, 0.2) is 42.1 Å². The van der Waals surface area contributed by atoms with Gasteiger partial charge in [0.05, 0.1) is 19.3 Å². The van der Waals surface area contributed by atoms with Gasteiger partial charge in [-0.05, 0) is 24.3 Å². The zero-order chi connectivity index (χ0) is 18.4. The lowest BCUT2D eigenvalue weighted by molar-refractivity contribution is 0.0188. The molecule has 0 bridgehead atoms. The second kappa shape index (κ2) is 9.53. The quantitative estimate of drug-likeness (QED) is 0.548. The van der Waals surface area contributed by atoms with Crippen LogP contribution in [0.25, 0.3) is 11.4 Å². The number of halogens is 1. The minimum absolute atomic E-state index is 0.425. The lowest BCUT2D eigenvalue weighted by atomic mass is 10.2. The number of β-amino-alcohol motifs (C(OH)–C–C–N with tert-alkyl or cyclic N) is 1. The first-order valence-electron chi connectivity index (χ1n) is 8.58. The van der Waals surface area contributed by atoms with E-state index in [2.05, 4.69) is 21.7 Å². The molecule has 6 nitrogen and oxygen atoms in total. The van der Waals surface area contributed by atoms with Gasteiger partial charge in [-0.3, -0.25) is 9.47 Å². The van der Waals surface area contributed by atoms with Crippen molar-refractivity contribution in [1.29, 1.82) is 0 Å². The van der Waals surface area contributed by atoms with Crippen LogP contribution >= 0.6 is 23.4 Å². The Morgan fingerprint density at radius 2 is 2.00 bits per heavy atom. The summed E-state index contributed by atoms with van der Waals surface area (Å²) in [6, 6.07) is 7.52. The number of aromatic nitrogens is 3. The van der Waals surface area contributed by atoms with Gasteiger partial charge in [0.1, 0.15) is 0 Å². The molecule has 140 valence electrons. The summed E-state index contributed by atoms with van der Waals surface area (Å²) in [5.74, 6) is 1.33. The number of aliphatic hydroxyl groups excluding tert-OH is 1. The Morgan fingerprint density at radius 1 is 1.27 bits per heavy atom. The van der Waals surface area contributed by atoms with Crippen molar-refractivity contribution in [3.05, 3.63) is 41.9 Å². The van der Waals surface area contributed by atoms with Gasteiger partial charge >= 0.3 is 0 Å². The summed E-state index contributed by atoms with van der Waals surface area (Å²) >= 11 is 7.48. The number of morpholine rings is 1. The number of thioether (sulfide) groups is 1. The minimum atomic E-state index is -0.425. The Kier molecular flexibility index (Phi) is 7.10. The van der Waals surface area contributed by atoms with Crippen molar-refractivity contribution in [1.82, 2.24) is 19.7 Å². The van der Waals surface area contributed by atoms with Crippen LogP contribution in [-0.2, 0) is 11.3 Å². The van der Waals surface area contributed by atoms with Gasteiger partial charge in [0, 0.05) is 42.5 Å². The SMILES string of the molecule is C=CCn1c(SC[C@H](O)CN2CCOCC2)nnc1-c1ccc(Cl)cc1. The van der Waals surface area contributed by atoms with Crippen LogP contribution in [0.4, 0.5) is 0 Å². The van der Waals surface area contributed by atoms with Gasteiger partial charge in [0.2, 0.25) is 0 Å². The van der Waals surface area contributed by atoms with Gasteiger partial charge in [-0.1, -0.05) is 29.4 Å². The molecule has 1 aromatic heterocycles. The Labute approximate surface area is 162 Å². The average molecular weight is 395 g/mol. The van der Waals surface area contributed by atoms with Crippen molar-refractivity contribution in [3.63, 3.8) is 0 Å². The standard InChI is InChI=1S/C18H23ClN4O2S/c1-2-7-23-17(14-3-5-15(19)6-4-14)20-21-18(23)26-13-16(24)12-22-8-10-25-11-9-22/h2-6,16,24H,1,7-13H2/t16-/m1/s1. The highest BCUT2D eigenvalue weighted by atomic mass is 35.5. The summed E-state index contributed by atoms with van der Waals surface area (Å²) in [4.78, 5) is 2.22. The predicted octanol–water partition coefficient (Wildman–Crippen LogP) is 2.57. The van der Waals surface area contributed by atoms with Crippen molar-refractivity contribution in [2.24, 2.45) is 0 Å². The lowest BCUT2D eigenvalue weighted by Gasteiger charge is -2.28. The van der Waals surface area contributed by atoms with Crippen LogP contribution in [0.3, 0.4) is 0 Å². The molecular formula is C18H23ClN4O2S. The summed E-state index contributed by atoms with van der Waals surface area (Å²) in [7, 11) is 0. The highest BCUT2D eigenvalue weighted by Gasteiger charge is 2.18. The fourth-order valence-corrected chi connectivity index (χ4v) is 3.80. The molecule has 0 unspecified atom stereocenters. The van der Waals surface area contributed by atoms with Crippen LogP contribution in [0.5, 0.6) is 0 Å². The topological polar surface area (TPSA) is 63.4 Å². The molecule has 1 aliphatic heterocycles. The second-order valence-corrected chi connectivity index (χ2v) is 7.51. The normalized spacial score (nSPS) is 16.5. The van der Waals surface area contributed by atoms with E-state index in [0.29, 0.717) is 23.9 Å². The Bertz CT molecular complexity index is 716. The van der Waals surface area contributed by atoms with Crippen molar-refractivity contribution in [2.75, 3.05) is 38.6 Å². The molecule has 0 amide bonds. The van der Waals surface area contributed by atoms with Gasteiger partial charge in [0.25, 0.3) is 0 Å². The number of aliphatic hydroxyl groups is 1. The largest absolute Gasteiger partial charge is 0.391 e. The van der Waals surface area contributed by atoms with Gasteiger partial charge in [0.15, 0.2) is 11.0 Å². The number of allylic oxidation sites excluding steroid dienone is 1. The van der Waals surface area contributed by atoms with E-state index in [0.717, 1.165) is 42.8 Å². The molecule has 2 aromatic rings. The predicted molar refractivity (Wildman–Crippen MR) is 105 cm³/mol. The number of nitrogens with zero attached hydrogens (tertiary/aromatic N) is 4. The molecule has 1 aromatic carbocycles.